The van der Waals surface area contributed by atoms with Crippen molar-refractivity contribution in [2.75, 3.05) is 19.0 Å². The predicted molar refractivity (Wildman–Crippen MR) is 119 cm³/mol. The lowest BCUT2D eigenvalue weighted by atomic mass is 9.90. The quantitative estimate of drug-likeness (QED) is 0.569. The summed E-state index contributed by atoms with van der Waals surface area (Å²) in [5.41, 5.74) is 1.16. The van der Waals surface area contributed by atoms with E-state index in [0.29, 0.717) is 17.2 Å². The summed E-state index contributed by atoms with van der Waals surface area (Å²) in [5.74, 6) is 2.86. The van der Waals surface area contributed by atoms with Crippen LogP contribution in [0, 0.1) is 12.3 Å². The summed E-state index contributed by atoms with van der Waals surface area (Å²) < 4.78 is 37.3. The van der Waals surface area contributed by atoms with Crippen molar-refractivity contribution in [3.8, 4) is 23.8 Å². The number of carbonyl (C=O) groups is 1. The number of rotatable bonds is 6. The first-order valence-electron chi connectivity index (χ1n) is 9.41. The lowest BCUT2D eigenvalue weighted by Crippen LogP contribution is -2.23. The molecule has 0 bridgehead atoms. The lowest BCUT2D eigenvalue weighted by molar-refractivity contribution is -0.116. The van der Waals surface area contributed by atoms with E-state index in [4.69, 9.17) is 15.9 Å². The third kappa shape index (κ3) is 3.90. The summed E-state index contributed by atoms with van der Waals surface area (Å²) in [7, 11) is -2.24. The lowest BCUT2D eigenvalue weighted by Gasteiger charge is -2.24. The number of sulfone groups is 1. The van der Waals surface area contributed by atoms with E-state index in [2.05, 4.69) is 11.2 Å². The summed E-state index contributed by atoms with van der Waals surface area (Å²) in [6.07, 6.45) is 5.49. The van der Waals surface area contributed by atoms with E-state index < -0.39 is 9.84 Å². The van der Waals surface area contributed by atoms with Gasteiger partial charge in [0.2, 0.25) is 15.7 Å². The molecule has 1 unspecified atom stereocenters. The van der Waals surface area contributed by atoms with E-state index in [1.807, 2.05) is 6.07 Å². The van der Waals surface area contributed by atoms with Gasteiger partial charge < -0.3 is 14.8 Å². The molecule has 1 N–H and O–H groups in total. The summed E-state index contributed by atoms with van der Waals surface area (Å²) in [5, 5.41) is 4.35. The Kier molecular flexibility index (Phi) is 5.72. The number of anilines is 1. The molecular formula is C23H19NO5S2. The Morgan fingerprint density at radius 2 is 1.97 bits per heavy atom. The van der Waals surface area contributed by atoms with Crippen LogP contribution in [0.2, 0.25) is 0 Å². The largest absolute Gasteiger partial charge is 0.493 e. The number of amides is 1. The van der Waals surface area contributed by atoms with Crippen LogP contribution in [0.5, 0.6) is 11.5 Å². The standard InChI is InChI=1S/C23H19NO5S2/c1-3-11-29-19-12-15(9-10-18(19)28-2)17-13-21(25)24-22-20(14-30-23(17)22)31(26,27)16-7-5-4-6-8-16/h1,4-10,12,14,17H,11,13H2,2H3,(H,24,25). The predicted octanol–water partition coefficient (Wildman–Crippen LogP) is 4.08. The molecule has 158 valence electrons. The van der Waals surface area contributed by atoms with Crippen LogP contribution in [0.1, 0.15) is 22.8 Å². The third-order valence-electron chi connectivity index (χ3n) is 5.00. The number of benzene rings is 2. The van der Waals surface area contributed by atoms with Gasteiger partial charge in [0.15, 0.2) is 11.5 Å². The number of thiophene rings is 1. The van der Waals surface area contributed by atoms with Gasteiger partial charge in [-0.25, -0.2) is 8.42 Å². The molecule has 1 aromatic heterocycles. The number of terminal acetylenes is 1. The summed E-state index contributed by atoms with van der Waals surface area (Å²) >= 11 is 1.31. The first kappa shape index (κ1) is 21.0. The Morgan fingerprint density at radius 3 is 2.68 bits per heavy atom. The highest BCUT2D eigenvalue weighted by Crippen LogP contribution is 2.46. The van der Waals surface area contributed by atoms with E-state index in [1.165, 1.54) is 18.4 Å². The molecule has 3 aromatic rings. The van der Waals surface area contributed by atoms with Crippen LogP contribution in [-0.2, 0) is 14.6 Å². The topological polar surface area (TPSA) is 81.7 Å². The normalized spacial score (nSPS) is 15.5. The van der Waals surface area contributed by atoms with Crippen molar-refractivity contribution in [3.63, 3.8) is 0 Å². The molecule has 2 aromatic carbocycles. The molecule has 0 aliphatic carbocycles. The van der Waals surface area contributed by atoms with Gasteiger partial charge >= 0.3 is 0 Å². The summed E-state index contributed by atoms with van der Waals surface area (Å²) in [6.45, 7) is 0.0781. The zero-order valence-corrected chi connectivity index (χ0v) is 18.3. The van der Waals surface area contributed by atoms with Gasteiger partial charge in [0, 0.05) is 22.6 Å². The molecule has 31 heavy (non-hydrogen) atoms. The van der Waals surface area contributed by atoms with Crippen LogP contribution in [0.25, 0.3) is 0 Å². The molecule has 1 aliphatic rings. The molecule has 0 fully saturated rings. The van der Waals surface area contributed by atoms with Crippen LogP contribution >= 0.6 is 11.3 Å². The van der Waals surface area contributed by atoms with Gasteiger partial charge in [-0.2, -0.15) is 0 Å². The summed E-state index contributed by atoms with van der Waals surface area (Å²) in [4.78, 5) is 13.6. The Labute approximate surface area is 184 Å². The third-order valence-corrected chi connectivity index (χ3v) is 8.04. The van der Waals surface area contributed by atoms with Crippen molar-refractivity contribution in [1.29, 1.82) is 0 Å². The van der Waals surface area contributed by atoms with E-state index >= 15 is 0 Å². The van der Waals surface area contributed by atoms with Gasteiger partial charge in [-0.05, 0) is 29.8 Å². The average Bonchev–Trinajstić information content (AvgIpc) is 3.22. The molecule has 4 rings (SSSR count). The second-order valence-corrected chi connectivity index (χ2v) is 9.69. The van der Waals surface area contributed by atoms with Gasteiger partial charge in [0.1, 0.15) is 11.5 Å². The fourth-order valence-electron chi connectivity index (χ4n) is 3.54. The maximum atomic E-state index is 13.2. The van der Waals surface area contributed by atoms with Gasteiger partial charge in [-0.15, -0.1) is 17.8 Å². The van der Waals surface area contributed by atoms with Gasteiger partial charge in [-0.3, -0.25) is 4.79 Å². The van der Waals surface area contributed by atoms with Crippen LogP contribution in [0.4, 0.5) is 5.69 Å². The van der Waals surface area contributed by atoms with Gasteiger partial charge in [0.05, 0.1) is 17.7 Å². The van der Waals surface area contributed by atoms with Crippen molar-refractivity contribution in [3.05, 3.63) is 64.4 Å². The molecular weight excluding hydrogens is 434 g/mol. The fraction of sp³-hybridized carbons (Fsp3) is 0.174. The highest BCUT2D eigenvalue weighted by Gasteiger charge is 2.34. The summed E-state index contributed by atoms with van der Waals surface area (Å²) in [6, 6.07) is 13.6. The molecule has 0 radical (unpaired) electrons. The Morgan fingerprint density at radius 1 is 1.19 bits per heavy atom. The number of methoxy groups -OCH3 is 1. The Hall–Kier alpha value is -3.28. The number of nitrogens with one attached hydrogen (secondary N) is 1. The van der Waals surface area contributed by atoms with E-state index in [0.717, 1.165) is 10.4 Å². The average molecular weight is 454 g/mol. The van der Waals surface area contributed by atoms with Crippen LogP contribution in [0.3, 0.4) is 0 Å². The van der Waals surface area contributed by atoms with Crippen molar-refractivity contribution < 1.29 is 22.7 Å². The SMILES string of the molecule is C#CCOc1cc(C2CC(=O)Nc3c(S(=O)(=O)c4ccccc4)csc32)ccc1OC. The smallest absolute Gasteiger partial charge is 0.225 e. The van der Waals surface area contributed by atoms with Crippen molar-refractivity contribution in [2.24, 2.45) is 0 Å². The highest BCUT2D eigenvalue weighted by molar-refractivity contribution is 7.91. The highest BCUT2D eigenvalue weighted by atomic mass is 32.2. The zero-order chi connectivity index (χ0) is 22.0. The molecule has 8 heteroatoms. The molecule has 2 heterocycles. The van der Waals surface area contributed by atoms with E-state index in [1.54, 1.807) is 47.8 Å². The molecule has 1 aliphatic heterocycles. The maximum absolute atomic E-state index is 13.2. The maximum Gasteiger partial charge on any atom is 0.225 e. The molecule has 1 amide bonds. The number of hydrogen-bond acceptors (Lipinski definition) is 6. The van der Waals surface area contributed by atoms with Crippen molar-refractivity contribution >= 4 is 32.8 Å². The minimum absolute atomic E-state index is 0.0781. The molecule has 6 nitrogen and oxygen atoms in total. The van der Waals surface area contributed by atoms with E-state index in [9.17, 15) is 13.2 Å². The number of hydrogen-bond donors (Lipinski definition) is 1. The van der Waals surface area contributed by atoms with Crippen molar-refractivity contribution in [2.45, 2.75) is 22.1 Å². The fourth-order valence-corrected chi connectivity index (χ4v) is 6.47. The van der Waals surface area contributed by atoms with E-state index in [-0.39, 0.29) is 34.6 Å². The first-order chi connectivity index (χ1) is 15.0. The zero-order valence-electron chi connectivity index (χ0n) is 16.6. The monoisotopic (exact) mass is 453 g/mol. The minimum atomic E-state index is -3.77. The Bertz CT molecular complexity index is 1270. The number of carbonyl (C=O) groups excluding carboxylic acids is 1. The number of ether oxygens (including phenoxy) is 2. The molecule has 0 spiro atoms. The van der Waals surface area contributed by atoms with Crippen molar-refractivity contribution in [1.82, 2.24) is 0 Å². The molecule has 0 saturated carbocycles. The second-order valence-electron chi connectivity index (χ2n) is 6.86. The molecule has 0 saturated heterocycles. The van der Waals surface area contributed by atoms with Gasteiger partial charge in [0.25, 0.3) is 0 Å². The van der Waals surface area contributed by atoms with Crippen LogP contribution in [-0.4, -0.2) is 28.0 Å². The number of fused-ring (bicyclic) bond motifs is 1. The Balaban J connectivity index is 1.78. The first-order valence-corrected chi connectivity index (χ1v) is 11.8. The van der Waals surface area contributed by atoms with Gasteiger partial charge in [-0.1, -0.05) is 30.2 Å². The minimum Gasteiger partial charge on any atom is -0.493 e. The van der Waals surface area contributed by atoms with Crippen LogP contribution in [0.15, 0.2) is 63.7 Å². The molecule has 1 atom stereocenters. The van der Waals surface area contributed by atoms with Crippen LogP contribution < -0.4 is 14.8 Å². The second kappa shape index (κ2) is 8.46.